The van der Waals surface area contributed by atoms with E-state index in [1.807, 2.05) is 42.5 Å². The summed E-state index contributed by atoms with van der Waals surface area (Å²) in [7, 11) is 1.51. The molecule has 0 unspecified atom stereocenters. The molecule has 0 aliphatic carbocycles. The lowest BCUT2D eigenvalue weighted by Gasteiger charge is -2.19. The van der Waals surface area contributed by atoms with Crippen LogP contribution < -0.4 is 30.7 Å². The van der Waals surface area contributed by atoms with Crippen LogP contribution in [0.25, 0.3) is 0 Å². The number of ether oxygens (including phenoxy) is 2. The summed E-state index contributed by atoms with van der Waals surface area (Å²) in [5, 5.41) is 11.3. The second-order valence-corrected chi connectivity index (χ2v) is 9.88. The quantitative estimate of drug-likeness (QED) is 0.381. The molecule has 10 heteroatoms. The molecule has 5 rings (SSSR count). The van der Waals surface area contributed by atoms with Crippen LogP contribution in [0.15, 0.2) is 72.8 Å². The van der Waals surface area contributed by atoms with E-state index < -0.39 is 11.9 Å². The number of rotatable bonds is 3. The minimum absolute atomic E-state index is 0.0933. The van der Waals surface area contributed by atoms with Gasteiger partial charge in [-0.3, -0.25) is 19.2 Å². The molecule has 220 valence electrons. The van der Waals surface area contributed by atoms with E-state index in [2.05, 4.69) is 21.3 Å². The monoisotopic (exact) mass is 572 g/mol. The van der Waals surface area contributed by atoms with Gasteiger partial charge in [-0.05, 0) is 54.3 Å². The Morgan fingerprint density at radius 2 is 1.52 bits per heavy atom. The fourth-order valence-electron chi connectivity index (χ4n) is 4.47. The number of benzene rings is 3. The highest BCUT2D eigenvalue weighted by Crippen LogP contribution is 2.28. The molecule has 1 atom stereocenters. The molecular formula is C32H36N4O6. The van der Waals surface area contributed by atoms with E-state index in [0.29, 0.717) is 48.6 Å². The molecule has 4 amide bonds. The summed E-state index contributed by atoms with van der Waals surface area (Å²) in [4.78, 5) is 51.3. The van der Waals surface area contributed by atoms with Gasteiger partial charge in [0.15, 0.2) is 11.5 Å². The third kappa shape index (κ3) is 8.82. The third-order valence-electron chi connectivity index (χ3n) is 6.80. The van der Waals surface area contributed by atoms with Crippen LogP contribution in [-0.4, -0.2) is 63.0 Å². The molecule has 0 saturated heterocycles. The van der Waals surface area contributed by atoms with Gasteiger partial charge < -0.3 is 30.7 Å². The average molecular weight is 573 g/mol. The van der Waals surface area contributed by atoms with E-state index in [1.54, 1.807) is 30.3 Å². The second kappa shape index (κ2) is 15.2. The first-order valence-corrected chi connectivity index (χ1v) is 14.0. The fraction of sp³-hybridized carbons (Fsp3) is 0.312. The topological polar surface area (TPSA) is 135 Å². The SMILES string of the molecule is COc1ccc2cc1OCCCNC(=O)c1ccc(cc1)CCNC(=O)CCNC(=O)[C@H](Cc1ccccc1)NC2=O. The van der Waals surface area contributed by atoms with Gasteiger partial charge in [-0.1, -0.05) is 42.5 Å². The maximum atomic E-state index is 13.3. The molecule has 0 fully saturated rings. The van der Waals surface area contributed by atoms with Crippen LogP contribution in [-0.2, 0) is 22.4 Å². The van der Waals surface area contributed by atoms with Gasteiger partial charge in [0.2, 0.25) is 11.8 Å². The Balaban J connectivity index is 1.51. The lowest BCUT2D eigenvalue weighted by Crippen LogP contribution is -2.48. The molecule has 0 radical (unpaired) electrons. The predicted molar refractivity (Wildman–Crippen MR) is 158 cm³/mol. The highest BCUT2D eigenvalue weighted by Gasteiger charge is 2.23. The summed E-state index contributed by atoms with van der Waals surface area (Å²) in [6.07, 6.45) is 1.50. The molecule has 4 bridgehead atoms. The van der Waals surface area contributed by atoms with E-state index >= 15 is 0 Å². The summed E-state index contributed by atoms with van der Waals surface area (Å²) in [6.45, 7) is 1.22. The molecule has 2 aliphatic rings. The van der Waals surface area contributed by atoms with E-state index in [-0.39, 0.29) is 43.7 Å². The van der Waals surface area contributed by atoms with Crippen LogP contribution in [0.4, 0.5) is 0 Å². The summed E-state index contributed by atoms with van der Waals surface area (Å²) in [5.41, 5.74) is 2.70. The van der Waals surface area contributed by atoms with Crippen molar-refractivity contribution in [1.82, 2.24) is 21.3 Å². The Morgan fingerprint density at radius 3 is 2.29 bits per heavy atom. The average Bonchev–Trinajstić information content (AvgIpc) is 3.00. The Bertz CT molecular complexity index is 1380. The van der Waals surface area contributed by atoms with Crippen molar-refractivity contribution in [3.8, 4) is 11.5 Å². The Kier molecular flexibility index (Phi) is 10.9. The maximum Gasteiger partial charge on any atom is 0.252 e. The van der Waals surface area contributed by atoms with Crippen molar-refractivity contribution in [2.75, 3.05) is 33.4 Å². The molecule has 42 heavy (non-hydrogen) atoms. The maximum absolute atomic E-state index is 13.3. The first-order valence-electron chi connectivity index (χ1n) is 14.0. The van der Waals surface area contributed by atoms with Crippen LogP contribution >= 0.6 is 0 Å². The van der Waals surface area contributed by atoms with Gasteiger partial charge in [0, 0.05) is 43.6 Å². The van der Waals surface area contributed by atoms with Crippen LogP contribution in [0.2, 0.25) is 0 Å². The van der Waals surface area contributed by atoms with Crippen molar-refractivity contribution >= 4 is 23.6 Å². The number of carbonyl (C=O) groups excluding carboxylic acids is 4. The lowest BCUT2D eigenvalue weighted by atomic mass is 10.0. The first-order chi connectivity index (χ1) is 20.4. The van der Waals surface area contributed by atoms with Crippen molar-refractivity contribution in [3.05, 3.63) is 95.1 Å². The zero-order valence-corrected chi connectivity index (χ0v) is 23.6. The molecule has 0 spiro atoms. The molecule has 10 nitrogen and oxygen atoms in total. The highest BCUT2D eigenvalue weighted by molar-refractivity contribution is 5.98. The number of fused-ring (bicyclic) bond motifs is 17. The third-order valence-corrected chi connectivity index (χ3v) is 6.80. The number of hydrogen-bond donors (Lipinski definition) is 4. The summed E-state index contributed by atoms with van der Waals surface area (Å²) in [5.74, 6) is -0.404. The van der Waals surface area contributed by atoms with Gasteiger partial charge in [0.05, 0.1) is 13.7 Å². The minimum Gasteiger partial charge on any atom is -0.493 e. The van der Waals surface area contributed by atoms with Crippen molar-refractivity contribution in [1.29, 1.82) is 0 Å². The first kappa shape index (κ1) is 30.1. The highest BCUT2D eigenvalue weighted by atomic mass is 16.5. The van der Waals surface area contributed by atoms with Crippen LogP contribution in [0.3, 0.4) is 0 Å². The van der Waals surface area contributed by atoms with Crippen LogP contribution in [0.5, 0.6) is 11.5 Å². The smallest absolute Gasteiger partial charge is 0.252 e. The normalized spacial score (nSPS) is 17.5. The molecular weight excluding hydrogens is 536 g/mol. The van der Waals surface area contributed by atoms with Gasteiger partial charge in [0.25, 0.3) is 11.8 Å². The zero-order valence-electron chi connectivity index (χ0n) is 23.6. The van der Waals surface area contributed by atoms with Crippen LogP contribution in [0.1, 0.15) is 44.7 Å². The molecule has 0 aromatic heterocycles. The Hall–Kier alpha value is -4.86. The van der Waals surface area contributed by atoms with Gasteiger partial charge >= 0.3 is 0 Å². The van der Waals surface area contributed by atoms with Gasteiger partial charge in [-0.2, -0.15) is 0 Å². The number of methoxy groups -OCH3 is 1. The number of hydrogen-bond acceptors (Lipinski definition) is 6. The number of nitrogens with one attached hydrogen (secondary N) is 4. The van der Waals surface area contributed by atoms with Crippen molar-refractivity contribution in [2.24, 2.45) is 0 Å². The van der Waals surface area contributed by atoms with Gasteiger partial charge in [-0.25, -0.2) is 0 Å². The molecule has 3 aromatic rings. The summed E-state index contributed by atoms with van der Waals surface area (Å²) in [6, 6.07) is 20.5. The van der Waals surface area contributed by atoms with Crippen molar-refractivity contribution in [2.45, 2.75) is 31.7 Å². The van der Waals surface area contributed by atoms with E-state index in [0.717, 1.165) is 11.1 Å². The molecule has 0 saturated carbocycles. The van der Waals surface area contributed by atoms with E-state index in [4.69, 9.17) is 9.47 Å². The molecule has 3 aromatic carbocycles. The summed E-state index contributed by atoms with van der Waals surface area (Å²) < 4.78 is 11.3. The minimum atomic E-state index is -0.869. The Labute approximate surface area is 245 Å². The Morgan fingerprint density at radius 1 is 0.786 bits per heavy atom. The van der Waals surface area contributed by atoms with Gasteiger partial charge in [0.1, 0.15) is 6.04 Å². The van der Waals surface area contributed by atoms with Crippen molar-refractivity contribution in [3.63, 3.8) is 0 Å². The fourth-order valence-corrected chi connectivity index (χ4v) is 4.47. The lowest BCUT2D eigenvalue weighted by molar-refractivity contribution is -0.123. The molecule has 2 aliphatic heterocycles. The summed E-state index contributed by atoms with van der Waals surface area (Å²) >= 11 is 0. The standard InChI is InChI=1S/C32H36N4O6/c1-41-27-13-12-25-21-28(27)42-19-5-16-34-30(38)24-10-8-22(9-11-24)14-17-33-29(37)15-18-35-32(40)26(36-31(25)39)20-23-6-3-2-4-7-23/h2-4,6-13,21,26H,5,14-20H2,1H3,(H,33,37)(H,34,38)(H,35,40)(H,36,39)/t26-/m0/s1. The number of carbonyl (C=O) groups is 4. The van der Waals surface area contributed by atoms with Crippen molar-refractivity contribution < 1.29 is 28.7 Å². The van der Waals surface area contributed by atoms with Crippen LogP contribution in [0, 0.1) is 0 Å². The predicted octanol–water partition coefficient (Wildman–Crippen LogP) is 2.41. The molecule has 2 heterocycles. The van der Waals surface area contributed by atoms with E-state index in [1.165, 1.54) is 7.11 Å². The van der Waals surface area contributed by atoms with Gasteiger partial charge in [-0.15, -0.1) is 0 Å². The zero-order chi connectivity index (χ0) is 29.7. The second-order valence-electron chi connectivity index (χ2n) is 9.88. The largest absolute Gasteiger partial charge is 0.493 e. The number of amides is 4. The molecule has 4 N–H and O–H groups in total. The van der Waals surface area contributed by atoms with E-state index in [9.17, 15) is 19.2 Å².